The van der Waals surface area contributed by atoms with E-state index in [9.17, 15) is 0 Å². The van der Waals surface area contributed by atoms with E-state index < -0.39 is 0 Å². The van der Waals surface area contributed by atoms with Crippen molar-refractivity contribution in [3.05, 3.63) is 40.4 Å². The molecule has 0 saturated heterocycles. The zero-order chi connectivity index (χ0) is 11.7. The number of nitrogens with zero attached hydrogens (tertiary/aromatic N) is 1. The van der Waals surface area contributed by atoms with E-state index >= 15 is 0 Å². The molecule has 0 aliphatic carbocycles. The molecule has 0 atom stereocenters. The van der Waals surface area contributed by atoms with Gasteiger partial charge in [0, 0.05) is 16.6 Å². The molecule has 16 heavy (non-hydrogen) atoms. The zero-order valence-electron chi connectivity index (χ0n) is 10.2. The Kier molecular flexibility index (Phi) is 3.10. The van der Waals surface area contributed by atoms with Gasteiger partial charge in [0.25, 0.3) is 0 Å². The average Bonchev–Trinajstić information content (AvgIpc) is 2.64. The molecular formula is C14H17NS. The largest absolute Gasteiger partial charge is 0.244 e. The van der Waals surface area contributed by atoms with E-state index in [1.165, 1.54) is 21.6 Å². The molecule has 0 saturated carbocycles. The monoisotopic (exact) mass is 231 g/mol. The number of aromatic nitrogens is 1. The van der Waals surface area contributed by atoms with E-state index in [0.29, 0.717) is 5.92 Å². The summed E-state index contributed by atoms with van der Waals surface area (Å²) in [5.74, 6) is 0.570. The van der Waals surface area contributed by atoms with Crippen molar-refractivity contribution in [3.63, 3.8) is 0 Å². The lowest BCUT2D eigenvalue weighted by Crippen LogP contribution is -1.93. The van der Waals surface area contributed by atoms with Crippen LogP contribution in [-0.4, -0.2) is 4.98 Å². The summed E-state index contributed by atoms with van der Waals surface area (Å²) in [5.41, 5.74) is 4.07. The van der Waals surface area contributed by atoms with Gasteiger partial charge in [-0.2, -0.15) is 0 Å². The van der Waals surface area contributed by atoms with Gasteiger partial charge in [-0.3, -0.25) is 0 Å². The maximum absolute atomic E-state index is 4.47. The summed E-state index contributed by atoms with van der Waals surface area (Å²) < 4.78 is 0. The van der Waals surface area contributed by atoms with Crippen LogP contribution in [0.2, 0.25) is 0 Å². The summed E-state index contributed by atoms with van der Waals surface area (Å²) in [6.07, 6.45) is 1.95. The van der Waals surface area contributed by atoms with Crippen LogP contribution in [0, 0.1) is 13.8 Å². The first-order chi connectivity index (χ1) is 7.59. The molecule has 1 nitrogen and oxygen atoms in total. The summed E-state index contributed by atoms with van der Waals surface area (Å²) in [6.45, 7) is 8.77. The van der Waals surface area contributed by atoms with Crippen LogP contribution in [-0.2, 0) is 0 Å². The fourth-order valence-electron chi connectivity index (χ4n) is 1.99. The maximum Gasteiger partial charge on any atom is 0.123 e. The van der Waals surface area contributed by atoms with E-state index in [1.807, 2.05) is 6.20 Å². The molecule has 84 valence electrons. The second-order valence-electron chi connectivity index (χ2n) is 4.45. The summed E-state index contributed by atoms with van der Waals surface area (Å²) in [4.78, 5) is 5.73. The second-order valence-corrected chi connectivity index (χ2v) is 5.69. The van der Waals surface area contributed by atoms with Gasteiger partial charge in [0.05, 0.1) is 0 Å². The van der Waals surface area contributed by atoms with Crippen molar-refractivity contribution in [3.8, 4) is 10.6 Å². The minimum absolute atomic E-state index is 0.570. The van der Waals surface area contributed by atoms with Gasteiger partial charge in [0.1, 0.15) is 5.01 Å². The highest BCUT2D eigenvalue weighted by Crippen LogP contribution is 2.31. The van der Waals surface area contributed by atoms with Crippen LogP contribution in [0.15, 0.2) is 24.4 Å². The highest BCUT2D eigenvalue weighted by molar-refractivity contribution is 7.14. The van der Waals surface area contributed by atoms with Crippen molar-refractivity contribution >= 4 is 11.3 Å². The fourth-order valence-corrected chi connectivity index (χ4v) is 2.84. The molecule has 0 aliphatic rings. The molecule has 0 spiro atoms. The highest BCUT2D eigenvalue weighted by Gasteiger charge is 2.10. The predicted molar refractivity (Wildman–Crippen MR) is 71.1 cm³/mol. The van der Waals surface area contributed by atoms with E-state index in [1.54, 1.807) is 11.3 Å². The molecule has 0 bridgehead atoms. The standard InChI is InChI=1S/C14H17NS/c1-9(2)12-6-5-7-13(11(12)4)14-15-8-10(3)16-14/h5-9H,1-4H3. The number of hydrogen-bond acceptors (Lipinski definition) is 2. The number of rotatable bonds is 2. The molecule has 2 rings (SSSR count). The van der Waals surface area contributed by atoms with E-state index in [4.69, 9.17) is 0 Å². The molecule has 0 N–H and O–H groups in total. The van der Waals surface area contributed by atoms with Crippen LogP contribution in [0.4, 0.5) is 0 Å². The van der Waals surface area contributed by atoms with Gasteiger partial charge < -0.3 is 0 Å². The van der Waals surface area contributed by atoms with Crippen LogP contribution < -0.4 is 0 Å². The molecule has 0 amide bonds. The van der Waals surface area contributed by atoms with Gasteiger partial charge in [-0.15, -0.1) is 11.3 Å². The van der Waals surface area contributed by atoms with Crippen molar-refractivity contribution in [2.45, 2.75) is 33.6 Å². The summed E-state index contributed by atoms with van der Waals surface area (Å²) in [5, 5.41) is 1.14. The average molecular weight is 231 g/mol. The van der Waals surface area contributed by atoms with Crippen LogP contribution in [0.5, 0.6) is 0 Å². The fraction of sp³-hybridized carbons (Fsp3) is 0.357. The third kappa shape index (κ3) is 2.03. The topological polar surface area (TPSA) is 12.9 Å². The number of thiazole rings is 1. The smallest absolute Gasteiger partial charge is 0.123 e. The highest BCUT2D eigenvalue weighted by atomic mass is 32.1. The first-order valence-electron chi connectivity index (χ1n) is 5.62. The van der Waals surface area contributed by atoms with E-state index in [-0.39, 0.29) is 0 Å². The molecule has 0 radical (unpaired) electrons. The molecule has 2 aromatic rings. The van der Waals surface area contributed by atoms with Gasteiger partial charge >= 0.3 is 0 Å². The summed E-state index contributed by atoms with van der Waals surface area (Å²) >= 11 is 1.76. The van der Waals surface area contributed by atoms with Crippen molar-refractivity contribution < 1.29 is 0 Å². The SMILES string of the molecule is Cc1cnc(-c2cccc(C(C)C)c2C)s1. The number of aryl methyl sites for hydroxylation is 1. The minimum Gasteiger partial charge on any atom is -0.244 e. The third-order valence-electron chi connectivity index (χ3n) is 2.85. The zero-order valence-corrected chi connectivity index (χ0v) is 11.1. The Morgan fingerprint density at radius 1 is 1.19 bits per heavy atom. The van der Waals surface area contributed by atoms with Crippen LogP contribution in [0.25, 0.3) is 10.6 Å². The van der Waals surface area contributed by atoms with Crippen LogP contribution in [0.3, 0.4) is 0 Å². The Morgan fingerprint density at radius 3 is 2.50 bits per heavy atom. The maximum atomic E-state index is 4.47. The minimum atomic E-state index is 0.570. The van der Waals surface area contributed by atoms with Crippen molar-refractivity contribution in [1.29, 1.82) is 0 Å². The molecule has 0 unspecified atom stereocenters. The van der Waals surface area contributed by atoms with Gasteiger partial charge in [-0.05, 0) is 30.9 Å². The van der Waals surface area contributed by atoms with Gasteiger partial charge in [0.15, 0.2) is 0 Å². The van der Waals surface area contributed by atoms with Gasteiger partial charge in [0.2, 0.25) is 0 Å². The third-order valence-corrected chi connectivity index (χ3v) is 3.80. The normalized spacial score (nSPS) is 11.1. The van der Waals surface area contributed by atoms with E-state index in [0.717, 1.165) is 5.01 Å². The molecule has 0 aliphatic heterocycles. The Morgan fingerprint density at radius 2 is 1.94 bits per heavy atom. The Labute approximate surface area is 101 Å². The van der Waals surface area contributed by atoms with Crippen molar-refractivity contribution in [2.24, 2.45) is 0 Å². The molecular weight excluding hydrogens is 214 g/mol. The quantitative estimate of drug-likeness (QED) is 0.739. The number of hydrogen-bond donors (Lipinski definition) is 0. The molecule has 0 fully saturated rings. The first kappa shape index (κ1) is 11.3. The molecule has 1 aromatic heterocycles. The Bertz CT molecular complexity index is 497. The Balaban J connectivity index is 2.54. The lowest BCUT2D eigenvalue weighted by Gasteiger charge is -2.12. The van der Waals surface area contributed by atoms with Crippen LogP contribution in [0.1, 0.15) is 35.8 Å². The molecule has 2 heteroatoms. The van der Waals surface area contributed by atoms with Gasteiger partial charge in [-0.25, -0.2) is 4.98 Å². The lowest BCUT2D eigenvalue weighted by atomic mass is 9.94. The summed E-state index contributed by atoms with van der Waals surface area (Å²) in [6, 6.07) is 6.51. The van der Waals surface area contributed by atoms with Crippen LogP contribution >= 0.6 is 11.3 Å². The van der Waals surface area contributed by atoms with Gasteiger partial charge in [-0.1, -0.05) is 32.0 Å². The van der Waals surface area contributed by atoms with E-state index in [2.05, 4.69) is 50.9 Å². The molecule has 1 heterocycles. The lowest BCUT2D eigenvalue weighted by molar-refractivity contribution is 0.857. The van der Waals surface area contributed by atoms with Crippen molar-refractivity contribution in [1.82, 2.24) is 4.98 Å². The Hall–Kier alpha value is -1.15. The predicted octanol–water partition coefficient (Wildman–Crippen LogP) is 4.55. The second kappa shape index (κ2) is 4.38. The molecule has 1 aromatic carbocycles. The first-order valence-corrected chi connectivity index (χ1v) is 6.43. The summed E-state index contributed by atoms with van der Waals surface area (Å²) in [7, 11) is 0. The number of benzene rings is 1. The van der Waals surface area contributed by atoms with Crippen molar-refractivity contribution in [2.75, 3.05) is 0 Å².